The van der Waals surface area contributed by atoms with Crippen LogP contribution in [0.1, 0.15) is 37.1 Å². The van der Waals surface area contributed by atoms with E-state index in [1.165, 1.54) is 22.3 Å². The number of phosphoric acid groups is 2. The Morgan fingerprint density at radius 2 is 1.79 bits per heavy atom. The maximum atomic E-state index is 14.6. The summed E-state index contributed by atoms with van der Waals surface area (Å²) in [4.78, 5) is 61.6. The van der Waals surface area contributed by atoms with Gasteiger partial charge in [0.25, 0.3) is 5.56 Å². The first-order chi connectivity index (χ1) is 22.2. The van der Waals surface area contributed by atoms with Crippen LogP contribution in [0.2, 0.25) is 0 Å². The van der Waals surface area contributed by atoms with Crippen LogP contribution in [0.5, 0.6) is 0 Å². The predicted molar refractivity (Wildman–Crippen MR) is 169 cm³/mol. The third kappa shape index (κ3) is 10.3. The molecule has 258 valence electrons. The number of aromatic nitrogens is 4. The van der Waals surface area contributed by atoms with Crippen LogP contribution in [0.3, 0.4) is 0 Å². The Balaban J connectivity index is 1.29. The van der Waals surface area contributed by atoms with Crippen molar-refractivity contribution < 1.29 is 46.1 Å². The summed E-state index contributed by atoms with van der Waals surface area (Å²) in [6, 6.07) is 9.29. The molecule has 4 N–H and O–H groups in total. The Hall–Kier alpha value is -2.37. The molecule has 1 saturated heterocycles. The molecule has 3 aromatic rings. The third-order valence-electron chi connectivity index (χ3n) is 6.63. The molecule has 0 aliphatic carbocycles. The summed E-state index contributed by atoms with van der Waals surface area (Å²) >= 11 is 4.67. The molecule has 1 fully saturated rings. The van der Waals surface area contributed by atoms with Crippen LogP contribution in [-0.2, 0) is 45.1 Å². The number of H-pyrrole nitrogens is 2. The van der Waals surface area contributed by atoms with Gasteiger partial charge >= 0.3 is 189 Å². The van der Waals surface area contributed by atoms with E-state index >= 15 is 0 Å². The molecule has 3 unspecified atom stereocenters. The molecule has 0 saturated carbocycles. The van der Waals surface area contributed by atoms with Crippen molar-refractivity contribution in [3.05, 3.63) is 83.6 Å². The molecule has 0 bridgehead atoms. The van der Waals surface area contributed by atoms with Gasteiger partial charge in [0.15, 0.2) is 4.77 Å². The number of nitrogens with zero attached hydrogens (tertiary/aromatic N) is 2. The van der Waals surface area contributed by atoms with Crippen LogP contribution in [0, 0.1) is 11.7 Å². The molecule has 5 atom stereocenters. The van der Waals surface area contributed by atoms with Crippen molar-refractivity contribution in [1.29, 1.82) is 0 Å². The summed E-state index contributed by atoms with van der Waals surface area (Å²) in [6.45, 7) is 1.31. The fourth-order valence-electron chi connectivity index (χ4n) is 4.42. The zero-order chi connectivity index (χ0) is 34.4. The summed E-state index contributed by atoms with van der Waals surface area (Å²) in [5.41, 5.74) is -0.832. The zero-order valence-electron chi connectivity index (χ0n) is 25.1. The monoisotopic (exact) mass is 786 g/mol. The van der Waals surface area contributed by atoms with E-state index in [-0.39, 0.29) is 24.5 Å². The minimum absolute atomic E-state index is 0.0154. The number of hydrogen-bond acceptors (Lipinski definition) is 11. The van der Waals surface area contributed by atoms with Gasteiger partial charge in [0.05, 0.1) is 0 Å². The van der Waals surface area contributed by atoms with E-state index in [1.807, 2.05) is 37.3 Å². The first kappa shape index (κ1) is 37.4. The number of aryl methyl sites for hydroxylation is 1. The summed E-state index contributed by atoms with van der Waals surface area (Å²) in [5.74, 6) is 0. The van der Waals surface area contributed by atoms with E-state index in [0.29, 0.717) is 28.6 Å². The zero-order valence-corrected chi connectivity index (χ0v) is 29.4. The molecule has 21 heteroatoms. The van der Waals surface area contributed by atoms with Gasteiger partial charge in [0, 0.05) is 18.2 Å². The van der Waals surface area contributed by atoms with Gasteiger partial charge in [-0.2, -0.15) is 0 Å². The summed E-state index contributed by atoms with van der Waals surface area (Å²) in [5, 5.41) is 0. The van der Waals surface area contributed by atoms with Crippen molar-refractivity contribution in [3.8, 4) is 0 Å². The number of nitrogens with one attached hydrogen (secondary N) is 2. The summed E-state index contributed by atoms with van der Waals surface area (Å²) in [7, 11) is -10.4. The van der Waals surface area contributed by atoms with Crippen molar-refractivity contribution in [2.24, 2.45) is 0 Å². The Labute approximate surface area is 278 Å². The molecule has 0 radical (unpaired) electrons. The molecule has 1 aliphatic rings. The van der Waals surface area contributed by atoms with E-state index < -0.39 is 79.1 Å². The minimum atomic E-state index is -5.25. The van der Waals surface area contributed by atoms with E-state index in [4.69, 9.17) is 30.7 Å². The topological polar surface area (TPSA) is 213 Å². The molecule has 3 heterocycles. The average molecular weight is 786 g/mol. The Morgan fingerprint density at radius 1 is 1.09 bits per heavy atom. The van der Waals surface area contributed by atoms with Crippen LogP contribution in [0.4, 0.5) is 4.39 Å². The molecule has 47 heavy (non-hydrogen) atoms. The molecule has 2 aromatic heterocycles. The third-order valence-corrected chi connectivity index (χ3v) is 12.0. The second kappa shape index (κ2) is 16.4. The fraction of sp³-hybridized carbons (Fsp3) is 0.462. The van der Waals surface area contributed by atoms with Gasteiger partial charge < -0.3 is 4.74 Å². The van der Waals surface area contributed by atoms with Gasteiger partial charge in [-0.3, -0.25) is 14.3 Å². The Bertz CT molecular complexity index is 1890. The van der Waals surface area contributed by atoms with Gasteiger partial charge in [-0.25, -0.2) is 4.39 Å². The number of ether oxygens (including phenoxy) is 2. The average Bonchev–Trinajstić information content (AvgIpc) is 3.37. The number of hydrogen-bond donors (Lipinski definition) is 4. The SMILES string of the molecule is CCCc1c([Se]c2ccccc2)n(COCCOP(=O)(O)OP(=O)(O)OCC2O[C@@H](n3cc(C)c(=O)[nH]c3=S)C[C@@H]2F)c(=O)[nH]c1=O. The molecule has 16 nitrogen and oxygen atoms in total. The van der Waals surface area contributed by atoms with E-state index in [0.717, 1.165) is 4.46 Å². The second-order valence-electron chi connectivity index (χ2n) is 10.2. The number of rotatable bonds is 16. The van der Waals surface area contributed by atoms with Crippen molar-refractivity contribution >= 4 is 51.9 Å². The number of halogens is 1. The standard InChI is InChI=1S/C26H33FN4O12P2SSe/c1-3-7-18-23(33)28-25(34)31(24(18)47-17-8-5-4-6-9-17)15-39-10-11-40-44(35,36)43-45(37,38)41-14-20-19(27)12-21(42-20)30-13-16(2)22(32)29-26(30)46/h4-6,8-9,13,19-21H,3,7,10-12,14-15H2,1-2H3,(H,35,36)(H,37,38)(H,28,33,34)(H,29,32,46)/t19-,20?,21+/m0/s1. The number of benzene rings is 1. The van der Waals surface area contributed by atoms with Crippen molar-refractivity contribution in [3.63, 3.8) is 0 Å². The Morgan fingerprint density at radius 3 is 2.49 bits per heavy atom. The van der Waals surface area contributed by atoms with Gasteiger partial charge in [0.1, 0.15) is 18.5 Å². The van der Waals surface area contributed by atoms with Crippen molar-refractivity contribution in [2.75, 3.05) is 19.8 Å². The van der Waals surface area contributed by atoms with Crippen LogP contribution in [0.15, 0.2) is 50.9 Å². The molecular formula is C26H33FN4O12P2SSe. The predicted octanol–water partition coefficient (Wildman–Crippen LogP) is 1.22. The molecule has 0 amide bonds. The quantitative estimate of drug-likeness (QED) is 0.0697. The van der Waals surface area contributed by atoms with E-state index in [9.17, 15) is 37.7 Å². The van der Waals surface area contributed by atoms with Crippen LogP contribution in [0.25, 0.3) is 0 Å². The molecular weight excluding hydrogens is 752 g/mol. The maximum absolute atomic E-state index is 14.6. The normalized spacial score (nSPS) is 20.6. The summed E-state index contributed by atoms with van der Waals surface area (Å²) in [6.07, 6.45) is -1.73. The van der Waals surface area contributed by atoms with Gasteiger partial charge in [0.2, 0.25) is 0 Å². The van der Waals surface area contributed by atoms with Crippen LogP contribution in [-0.4, -0.2) is 75.9 Å². The van der Waals surface area contributed by atoms with Gasteiger partial charge in [-0.15, -0.1) is 0 Å². The first-order valence-corrected chi connectivity index (χ1v) is 19.2. The van der Waals surface area contributed by atoms with Crippen LogP contribution >= 0.6 is 27.9 Å². The van der Waals surface area contributed by atoms with E-state index in [1.54, 1.807) is 0 Å². The molecule has 4 rings (SSSR count). The summed E-state index contributed by atoms with van der Waals surface area (Å²) < 4.78 is 68.0. The van der Waals surface area contributed by atoms with Gasteiger partial charge in [-0.05, 0) is 19.1 Å². The second-order valence-corrected chi connectivity index (χ2v) is 15.8. The first-order valence-electron chi connectivity index (χ1n) is 14.1. The molecule has 1 aromatic carbocycles. The Kier molecular flexibility index (Phi) is 13.0. The van der Waals surface area contributed by atoms with Gasteiger partial charge in [-0.1, -0.05) is 0 Å². The van der Waals surface area contributed by atoms with Crippen molar-refractivity contribution in [1.82, 2.24) is 19.1 Å². The van der Waals surface area contributed by atoms with Crippen molar-refractivity contribution in [2.45, 2.75) is 58.3 Å². The number of alkyl halides is 1. The number of aromatic amines is 2. The van der Waals surface area contributed by atoms with E-state index in [2.05, 4.69) is 14.3 Å². The fourth-order valence-corrected chi connectivity index (χ4v) is 9.01. The van der Waals surface area contributed by atoms with Crippen LogP contribution < -0.4 is 25.9 Å². The molecule has 1 aliphatic heterocycles. The molecule has 0 spiro atoms. The number of phosphoric ester groups is 2.